The molecule has 0 unspecified atom stereocenters. The zero-order valence-electron chi connectivity index (χ0n) is 8.58. The number of rotatable bonds is 5. The molecule has 0 rings (SSSR count). The van der Waals surface area contributed by atoms with E-state index in [1.807, 2.05) is 0 Å². The second-order valence-corrected chi connectivity index (χ2v) is 3.36. The molecule has 6 N–H and O–H groups in total. The summed E-state index contributed by atoms with van der Waals surface area (Å²) in [5.41, 5.74) is 9.73. The van der Waals surface area contributed by atoms with Gasteiger partial charge in [-0.25, -0.2) is 0 Å². The van der Waals surface area contributed by atoms with Crippen molar-refractivity contribution in [1.82, 2.24) is 5.32 Å². The zero-order valence-corrected chi connectivity index (χ0v) is 8.58. The SMILES string of the molecule is CN=C(N)NCCC[C@](C)(N)C(=O)O. The van der Waals surface area contributed by atoms with Crippen molar-refractivity contribution < 1.29 is 9.90 Å². The van der Waals surface area contributed by atoms with Crippen LogP contribution in [0.25, 0.3) is 0 Å². The molecule has 0 radical (unpaired) electrons. The van der Waals surface area contributed by atoms with Crippen LogP contribution in [0.2, 0.25) is 0 Å². The predicted molar refractivity (Wildman–Crippen MR) is 55.0 cm³/mol. The molecule has 0 bridgehead atoms. The summed E-state index contributed by atoms with van der Waals surface area (Å²) in [6, 6.07) is 0. The molecule has 0 saturated carbocycles. The standard InChI is InChI=1S/C8H18N4O2/c1-8(10,6(13)14)4-3-5-12-7(9)11-2/h3-5,10H2,1-2H3,(H,13,14)(H3,9,11,12)/t8-/m0/s1. The van der Waals surface area contributed by atoms with Crippen molar-refractivity contribution in [2.24, 2.45) is 16.5 Å². The third kappa shape index (κ3) is 4.66. The van der Waals surface area contributed by atoms with Crippen molar-refractivity contribution in [1.29, 1.82) is 0 Å². The minimum atomic E-state index is -1.17. The molecule has 0 spiro atoms. The fourth-order valence-corrected chi connectivity index (χ4v) is 0.858. The maximum atomic E-state index is 10.6. The number of hydrogen-bond donors (Lipinski definition) is 4. The van der Waals surface area contributed by atoms with Gasteiger partial charge in [0.15, 0.2) is 5.96 Å². The van der Waals surface area contributed by atoms with E-state index in [1.165, 1.54) is 6.92 Å². The molecule has 0 aromatic heterocycles. The average Bonchev–Trinajstić information content (AvgIpc) is 2.11. The lowest BCUT2D eigenvalue weighted by Gasteiger charge is -2.18. The molecular formula is C8H18N4O2. The van der Waals surface area contributed by atoms with Gasteiger partial charge in [0.05, 0.1) is 0 Å². The quantitative estimate of drug-likeness (QED) is 0.262. The molecule has 0 heterocycles. The van der Waals surface area contributed by atoms with Gasteiger partial charge in [-0.15, -0.1) is 0 Å². The molecule has 0 amide bonds. The Bertz CT molecular complexity index is 225. The summed E-state index contributed by atoms with van der Waals surface area (Å²) in [5.74, 6) is -0.645. The Kier molecular flexibility index (Phi) is 4.93. The van der Waals surface area contributed by atoms with Crippen molar-refractivity contribution in [2.75, 3.05) is 13.6 Å². The van der Waals surface area contributed by atoms with Gasteiger partial charge in [-0.3, -0.25) is 9.79 Å². The van der Waals surface area contributed by atoms with E-state index in [9.17, 15) is 4.79 Å². The number of nitrogens with one attached hydrogen (secondary N) is 1. The molecule has 0 fully saturated rings. The van der Waals surface area contributed by atoms with Gasteiger partial charge in [0, 0.05) is 13.6 Å². The molecular weight excluding hydrogens is 184 g/mol. The number of aliphatic carboxylic acids is 1. The van der Waals surface area contributed by atoms with Gasteiger partial charge in [-0.2, -0.15) is 0 Å². The molecule has 6 heteroatoms. The van der Waals surface area contributed by atoms with Crippen molar-refractivity contribution in [3.8, 4) is 0 Å². The molecule has 1 atom stereocenters. The molecule has 0 aliphatic heterocycles. The normalized spacial score (nSPS) is 16.1. The van der Waals surface area contributed by atoms with Crippen molar-refractivity contribution in [2.45, 2.75) is 25.3 Å². The Labute approximate surface area is 83.4 Å². The first kappa shape index (κ1) is 12.7. The number of carboxylic acids is 1. The topological polar surface area (TPSA) is 114 Å². The van der Waals surface area contributed by atoms with Crippen LogP contribution in [0.5, 0.6) is 0 Å². The second-order valence-electron chi connectivity index (χ2n) is 3.36. The average molecular weight is 202 g/mol. The van der Waals surface area contributed by atoms with Crippen LogP contribution >= 0.6 is 0 Å². The highest BCUT2D eigenvalue weighted by atomic mass is 16.4. The number of carbonyl (C=O) groups is 1. The summed E-state index contributed by atoms with van der Waals surface area (Å²) in [6.45, 7) is 2.07. The van der Waals surface area contributed by atoms with Gasteiger partial charge < -0.3 is 21.9 Å². The smallest absolute Gasteiger partial charge is 0.323 e. The first-order chi connectivity index (χ1) is 6.40. The molecule has 82 valence electrons. The zero-order chi connectivity index (χ0) is 11.2. The first-order valence-electron chi connectivity index (χ1n) is 4.38. The Morgan fingerprint density at radius 3 is 2.64 bits per heavy atom. The number of guanidine groups is 1. The summed E-state index contributed by atoms with van der Waals surface area (Å²) < 4.78 is 0. The van der Waals surface area contributed by atoms with Crippen LogP contribution in [-0.2, 0) is 4.79 Å². The third-order valence-electron chi connectivity index (χ3n) is 1.91. The maximum absolute atomic E-state index is 10.6. The first-order valence-corrected chi connectivity index (χ1v) is 4.38. The summed E-state index contributed by atoms with van der Waals surface area (Å²) in [6.07, 6.45) is 1.03. The summed E-state index contributed by atoms with van der Waals surface area (Å²) >= 11 is 0. The van der Waals surface area contributed by atoms with Crippen LogP contribution in [0.3, 0.4) is 0 Å². The molecule has 0 aromatic carbocycles. The van der Waals surface area contributed by atoms with Crippen LogP contribution in [0.4, 0.5) is 0 Å². The van der Waals surface area contributed by atoms with Crippen LogP contribution in [0.15, 0.2) is 4.99 Å². The van der Waals surface area contributed by atoms with E-state index in [4.69, 9.17) is 16.6 Å². The van der Waals surface area contributed by atoms with Crippen molar-refractivity contribution in [3.05, 3.63) is 0 Å². The molecule has 0 aliphatic carbocycles. The van der Waals surface area contributed by atoms with Crippen LogP contribution in [0, 0.1) is 0 Å². The van der Waals surface area contributed by atoms with E-state index in [1.54, 1.807) is 7.05 Å². The van der Waals surface area contributed by atoms with E-state index < -0.39 is 11.5 Å². The number of nitrogens with zero attached hydrogens (tertiary/aromatic N) is 1. The molecule has 0 aliphatic rings. The largest absolute Gasteiger partial charge is 0.480 e. The third-order valence-corrected chi connectivity index (χ3v) is 1.91. The lowest BCUT2D eigenvalue weighted by molar-refractivity contribution is -0.142. The summed E-state index contributed by atoms with van der Waals surface area (Å²) in [7, 11) is 1.58. The van der Waals surface area contributed by atoms with Crippen LogP contribution in [-0.4, -0.2) is 36.2 Å². The Morgan fingerprint density at radius 2 is 2.21 bits per heavy atom. The maximum Gasteiger partial charge on any atom is 0.323 e. The van der Waals surface area contributed by atoms with Gasteiger partial charge in [-0.1, -0.05) is 0 Å². The highest BCUT2D eigenvalue weighted by molar-refractivity contribution is 5.78. The minimum absolute atomic E-state index is 0.346. The Hall–Kier alpha value is -1.30. The predicted octanol–water partition coefficient (Wildman–Crippen LogP) is -0.897. The molecule has 0 saturated heterocycles. The molecule has 6 nitrogen and oxygen atoms in total. The van der Waals surface area contributed by atoms with Gasteiger partial charge in [0.25, 0.3) is 0 Å². The van der Waals surface area contributed by atoms with Gasteiger partial charge in [0.1, 0.15) is 5.54 Å². The minimum Gasteiger partial charge on any atom is -0.480 e. The highest BCUT2D eigenvalue weighted by Crippen LogP contribution is 2.07. The van der Waals surface area contributed by atoms with Gasteiger partial charge >= 0.3 is 5.97 Å². The number of aliphatic imine (C=N–C) groups is 1. The Morgan fingerprint density at radius 1 is 1.64 bits per heavy atom. The van der Waals surface area contributed by atoms with Crippen LogP contribution < -0.4 is 16.8 Å². The lowest BCUT2D eigenvalue weighted by Crippen LogP contribution is -2.45. The van der Waals surface area contributed by atoms with Crippen molar-refractivity contribution >= 4 is 11.9 Å². The van der Waals surface area contributed by atoms with Crippen LogP contribution in [0.1, 0.15) is 19.8 Å². The monoisotopic (exact) mass is 202 g/mol. The molecule has 0 aromatic rings. The van der Waals surface area contributed by atoms with E-state index in [0.717, 1.165) is 0 Å². The van der Waals surface area contributed by atoms with Gasteiger partial charge in [-0.05, 0) is 19.8 Å². The highest BCUT2D eigenvalue weighted by Gasteiger charge is 2.26. The number of carboxylic acid groups (broad SMARTS) is 1. The number of nitrogens with two attached hydrogens (primary N) is 2. The lowest BCUT2D eigenvalue weighted by atomic mass is 9.98. The number of hydrogen-bond acceptors (Lipinski definition) is 3. The van der Waals surface area contributed by atoms with Gasteiger partial charge in [0.2, 0.25) is 0 Å². The van der Waals surface area contributed by atoms with E-state index in [2.05, 4.69) is 10.3 Å². The fourth-order valence-electron chi connectivity index (χ4n) is 0.858. The Balaban J connectivity index is 3.70. The molecule has 14 heavy (non-hydrogen) atoms. The summed E-state index contributed by atoms with van der Waals surface area (Å²) in [4.78, 5) is 14.3. The van der Waals surface area contributed by atoms with E-state index in [-0.39, 0.29) is 0 Å². The fraction of sp³-hybridized carbons (Fsp3) is 0.750. The van der Waals surface area contributed by atoms with E-state index in [0.29, 0.717) is 25.3 Å². The summed E-state index contributed by atoms with van der Waals surface area (Å²) in [5, 5.41) is 11.5. The second kappa shape index (κ2) is 5.43. The van der Waals surface area contributed by atoms with E-state index >= 15 is 0 Å². The van der Waals surface area contributed by atoms with Crippen molar-refractivity contribution in [3.63, 3.8) is 0 Å².